The molecule has 2 aliphatic rings. The fraction of sp³-hybridized carbons (Fsp3) is 0.609. The molecule has 0 aromatic carbocycles. The van der Waals surface area contributed by atoms with Crippen LogP contribution >= 0.6 is 11.3 Å². The van der Waals surface area contributed by atoms with Crippen LogP contribution in [-0.4, -0.2) is 30.8 Å². The topological polar surface area (TPSA) is 43.4 Å². The molecule has 1 saturated carbocycles. The third-order valence-electron chi connectivity index (χ3n) is 6.58. The molecule has 3 heterocycles. The van der Waals surface area contributed by atoms with E-state index in [0.29, 0.717) is 6.61 Å². The second-order valence-electron chi connectivity index (χ2n) is 8.39. The minimum Gasteiger partial charge on any atom is -0.380 e. The van der Waals surface area contributed by atoms with Crippen LogP contribution in [0, 0.1) is 0 Å². The zero-order chi connectivity index (χ0) is 19.3. The lowest BCUT2D eigenvalue weighted by Crippen LogP contribution is -2.47. The molecule has 152 valence electrons. The van der Waals surface area contributed by atoms with Crippen LogP contribution in [0.3, 0.4) is 0 Å². The molecular formula is C23H32N2O2S. The highest BCUT2D eigenvalue weighted by molar-refractivity contribution is 7.10. The Labute approximate surface area is 172 Å². The van der Waals surface area contributed by atoms with E-state index in [1.165, 1.54) is 41.8 Å². The van der Waals surface area contributed by atoms with Crippen LogP contribution in [0.1, 0.15) is 61.1 Å². The Morgan fingerprint density at radius 1 is 1.21 bits per heavy atom. The first kappa shape index (κ1) is 20.0. The Kier molecular flexibility index (Phi) is 6.46. The fourth-order valence-corrected chi connectivity index (χ4v) is 5.99. The van der Waals surface area contributed by atoms with Gasteiger partial charge in [-0.1, -0.05) is 18.9 Å². The number of methoxy groups -OCH3 is 1. The van der Waals surface area contributed by atoms with Crippen LogP contribution in [0.25, 0.3) is 0 Å². The summed E-state index contributed by atoms with van der Waals surface area (Å²) in [6.07, 6.45) is 10.3. The summed E-state index contributed by atoms with van der Waals surface area (Å²) in [6, 6.07) is 8.55. The van der Waals surface area contributed by atoms with Crippen LogP contribution in [0.5, 0.6) is 0 Å². The Morgan fingerprint density at radius 2 is 2.11 bits per heavy atom. The second kappa shape index (κ2) is 9.04. The number of nitrogens with one attached hydrogen (secondary N) is 1. The number of pyridine rings is 1. The number of hydrogen-bond donors (Lipinski definition) is 1. The lowest BCUT2D eigenvalue weighted by atomic mass is 9.68. The molecule has 2 aromatic heterocycles. The first-order valence-electron chi connectivity index (χ1n) is 10.6. The van der Waals surface area contributed by atoms with Gasteiger partial charge in [0.25, 0.3) is 0 Å². The maximum Gasteiger partial charge on any atom is 0.0724 e. The summed E-state index contributed by atoms with van der Waals surface area (Å²) in [5.74, 6) is 0. The molecule has 1 saturated heterocycles. The van der Waals surface area contributed by atoms with Crippen molar-refractivity contribution in [2.24, 2.45) is 0 Å². The summed E-state index contributed by atoms with van der Waals surface area (Å²) in [4.78, 5) is 6.18. The van der Waals surface area contributed by atoms with E-state index in [2.05, 4.69) is 28.9 Å². The standard InChI is InChI=1S/C23H32N2O2S/c1-26-17-19-7-15-28-20(19)16-24-13-10-22(21-6-2-5-12-25-21)11-14-27-23(18-22)8-3-4-9-23/h2,5-7,12,15,24H,3-4,8-11,13-14,16-18H2,1H3. The van der Waals surface area contributed by atoms with Crippen molar-refractivity contribution in [1.82, 2.24) is 10.3 Å². The smallest absolute Gasteiger partial charge is 0.0724 e. The minimum absolute atomic E-state index is 0.0924. The van der Waals surface area contributed by atoms with Gasteiger partial charge in [-0.05, 0) is 67.8 Å². The SMILES string of the molecule is COCc1ccsc1CNCCC1(c2ccccn2)CCOC2(CCCC2)C1. The Hall–Kier alpha value is -1.27. The van der Waals surface area contributed by atoms with Gasteiger partial charge in [0.2, 0.25) is 0 Å². The van der Waals surface area contributed by atoms with Gasteiger partial charge in [0.15, 0.2) is 0 Å². The van der Waals surface area contributed by atoms with Gasteiger partial charge in [-0.25, -0.2) is 0 Å². The van der Waals surface area contributed by atoms with Gasteiger partial charge in [-0.3, -0.25) is 4.98 Å². The molecule has 1 aliphatic heterocycles. The first-order valence-corrected chi connectivity index (χ1v) is 11.4. The lowest BCUT2D eigenvalue weighted by Gasteiger charge is -2.46. The Balaban J connectivity index is 1.44. The van der Waals surface area contributed by atoms with Crippen LogP contribution in [0.4, 0.5) is 0 Å². The molecule has 2 fully saturated rings. The molecule has 1 unspecified atom stereocenters. The third kappa shape index (κ3) is 4.33. The van der Waals surface area contributed by atoms with E-state index in [1.54, 1.807) is 7.11 Å². The monoisotopic (exact) mass is 400 g/mol. The summed E-state index contributed by atoms with van der Waals surface area (Å²) in [5.41, 5.74) is 2.77. The lowest BCUT2D eigenvalue weighted by molar-refractivity contribution is -0.104. The van der Waals surface area contributed by atoms with E-state index < -0.39 is 0 Å². The van der Waals surface area contributed by atoms with Crippen molar-refractivity contribution in [3.63, 3.8) is 0 Å². The number of hydrogen-bond acceptors (Lipinski definition) is 5. The number of nitrogens with zero attached hydrogens (tertiary/aromatic N) is 1. The van der Waals surface area contributed by atoms with Crippen molar-refractivity contribution in [3.05, 3.63) is 52.0 Å². The molecule has 0 radical (unpaired) electrons. The van der Waals surface area contributed by atoms with Crippen LogP contribution in [0.15, 0.2) is 35.8 Å². The molecular weight excluding hydrogens is 368 g/mol. The molecule has 1 spiro atoms. The highest BCUT2D eigenvalue weighted by Gasteiger charge is 2.48. The second-order valence-corrected chi connectivity index (χ2v) is 9.39. The van der Waals surface area contributed by atoms with Crippen LogP contribution in [0.2, 0.25) is 0 Å². The van der Waals surface area contributed by atoms with Crippen molar-refractivity contribution in [2.45, 2.75) is 69.1 Å². The van der Waals surface area contributed by atoms with Crippen LogP contribution in [-0.2, 0) is 28.0 Å². The zero-order valence-electron chi connectivity index (χ0n) is 16.9. The van der Waals surface area contributed by atoms with Crippen LogP contribution < -0.4 is 5.32 Å². The fourth-order valence-electron chi connectivity index (χ4n) is 5.13. The molecule has 1 N–H and O–H groups in total. The van der Waals surface area contributed by atoms with Gasteiger partial charge in [0, 0.05) is 42.4 Å². The van der Waals surface area contributed by atoms with Gasteiger partial charge in [0.1, 0.15) is 0 Å². The molecule has 0 bridgehead atoms. The van der Waals surface area contributed by atoms with E-state index >= 15 is 0 Å². The van der Waals surface area contributed by atoms with Gasteiger partial charge in [-0.2, -0.15) is 0 Å². The summed E-state index contributed by atoms with van der Waals surface area (Å²) in [5, 5.41) is 5.85. The number of thiophene rings is 1. The van der Waals surface area contributed by atoms with Crippen molar-refractivity contribution >= 4 is 11.3 Å². The van der Waals surface area contributed by atoms with E-state index in [9.17, 15) is 0 Å². The Bertz CT molecular complexity index is 742. The zero-order valence-corrected chi connectivity index (χ0v) is 17.7. The van der Waals surface area contributed by atoms with Gasteiger partial charge in [0.05, 0.1) is 12.2 Å². The number of rotatable bonds is 8. The predicted octanol–water partition coefficient (Wildman–Crippen LogP) is 4.83. The molecule has 4 nitrogen and oxygen atoms in total. The molecule has 4 rings (SSSR count). The average Bonchev–Trinajstić information content (AvgIpc) is 3.36. The van der Waals surface area contributed by atoms with E-state index in [1.807, 2.05) is 23.6 Å². The van der Waals surface area contributed by atoms with E-state index in [-0.39, 0.29) is 11.0 Å². The summed E-state index contributed by atoms with van der Waals surface area (Å²) in [6.45, 7) is 3.46. The third-order valence-corrected chi connectivity index (χ3v) is 7.54. The highest BCUT2D eigenvalue weighted by Crippen LogP contribution is 2.49. The van der Waals surface area contributed by atoms with E-state index in [0.717, 1.165) is 39.0 Å². The minimum atomic E-state index is 0.0924. The number of ether oxygens (including phenoxy) is 2. The van der Waals surface area contributed by atoms with Gasteiger partial charge in [-0.15, -0.1) is 11.3 Å². The molecule has 28 heavy (non-hydrogen) atoms. The van der Waals surface area contributed by atoms with Crippen molar-refractivity contribution in [2.75, 3.05) is 20.3 Å². The van der Waals surface area contributed by atoms with Crippen molar-refractivity contribution in [1.29, 1.82) is 0 Å². The van der Waals surface area contributed by atoms with Gasteiger partial charge >= 0.3 is 0 Å². The Morgan fingerprint density at radius 3 is 2.89 bits per heavy atom. The average molecular weight is 401 g/mol. The van der Waals surface area contributed by atoms with Crippen molar-refractivity contribution < 1.29 is 9.47 Å². The molecule has 1 aliphatic carbocycles. The summed E-state index contributed by atoms with van der Waals surface area (Å²) in [7, 11) is 1.76. The van der Waals surface area contributed by atoms with E-state index in [4.69, 9.17) is 14.5 Å². The number of aromatic nitrogens is 1. The quantitative estimate of drug-likeness (QED) is 0.645. The summed E-state index contributed by atoms with van der Waals surface area (Å²) < 4.78 is 11.7. The maximum absolute atomic E-state index is 6.35. The molecule has 5 heteroatoms. The maximum atomic E-state index is 6.35. The molecule has 1 atom stereocenters. The predicted molar refractivity (Wildman–Crippen MR) is 114 cm³/mol. The molecule has 0 amide bonds. The van der Waals surface area contributed by atoms with Gasteiger partial charge < -0.3 is 14.8 Å². The molecule has 2 aromatic rings. The normalized spacial score (nSPS) is 24.0. The first-order chi connectivity index (χ1) is 13.8. The largest absolute Gasteiger partial charge is 0.380 e. The summed E-state index contributed by atoms with van der Waals surface area (Å²) >= 11 is 1.81. The van der Waals surface area contributed by atoms with Crippen molar-refractivity contribution in [3.8, 4) is 0 Å². The highest BCUT2D eigenvalue weighted by atomic mass is 32.1.